The van der Waals surface area contributed by atoms with Crippen LogP contribution < -0.4 is 5.32 Å². The molecule has 0 radical (unpaired) electrons. The van der Waals surface area contributed by atoms with Gasteiger partial charge >= 0.3 is 0 Å². The lowest BCUT2D eigenvalue weighted by molar-refractivity contribution is -0.127. The van der Waals surface area contributed by atoms with Crippen molar-refractivity contribution in [2.24, 2.45) is 0 Å². The smallest absolute Gasteiger partial charge is 0.238 e. The molecule has 2 fully saturated rings. The normalized spacial score (nSPS) is 23.6. The van der Waals surface area contributed by atoms with Crippen LogP contribution in [0.3, 0.4) is 0 Å². The summed E-state index contributed by atoms with van der Waals surface area (Å²) in [5, 5.41) is 3.00. The number of anilines is 1. The second kappa shape index (κ2) is 7.72. The van der Waals surface area contributed by atoms with Gasteiger partial charge in [-0.15, -0.1) is 0 Å². The number of hydrogen-bond acceptors (Lipinski definition) is 4. The first kappa shape index (κ1) is 16.2. The quantitative estimate of drug-likeness (QED) is 0.767. The van der Waals surface area contributed by atoms with Crippen molar-refractivity contribution in [3.05, 3.63) is 27.8 Å². The molecule has 0 aromatic heterocycles. The Bertz CT molecular complexity index is 520. The Morgan fingerprint density at radius 1 is 1.27 bits per heavy atom. The molecule has 22 heavy (non-hydrogen) atoms. The number of likely N-dealkylation sites (tertiary alicyclic amines) is 1. The van der Waals surface area contributed by atoms with E-state index in [4.69, 9.17) is 9.47 Å². The molecule has 1 N–H and O–H groups in total. The Labute approximate surface area is 144 Å². The average molecular weight is 416 g/mol. The minimum atomic E-state index is -0.176. The topological polar surface area (TPSA) is 50.8 Å². The predicted octanol–water partition coefficient (Wildman–Crippen LogP) is 2.46. The lowest BCUT2D eigenvalue weighted by Gasteiger charge is -2.37. The van der Waals surface area contributed by atoms with E-state index in [2.05, 4.69) is 32.8 Å². The lowest BCUT2D eigenvalue weighted by atomic mass is 10.0. The summed E-state index contributed by atoms with van der Waals surface area (Å²) in [6.07, 6.45) is 3.15. The van der Waals surface area contributed by atoms with Crippen molar-refractivity contribution in [2.45, 2.75) is 31.6 Å². The van der Waals surface area contributed by atoms with Gasteiger partial charge in [-0.25, -0.2) is 0 Å². The fourth-order valence-electron chi connectivity index (χ4n) is 3.06. The minimum Gasteiger partial charge on any atom is -0.349 e. The van der Waals surface area contributed by atoms with E-state index in [0.29, 0.717) is 19.8 Å². The van der Waals surface area contributed by atoms with Crippen LogP contribution >= 0.6 is 22.6 Å². The molecule has 0 saturated carbocycles. The number of nitrogens with one attached hydrogen (secondary N) is 1. The van der Waals surface area contributed by atoms with E-state index in [9.17, 15) is 4.79 Å². The molecule has 2 aliphatic rings. The van der Waals surface area contributed by atoms with Gasteiger partial charge in [-0.3, -0.25) is 9.69 Å². The van der Waals surface area contributed by atoms with Crippen LogP contribution in [0.5, 0.6) is 0 Å². The highest BCUT2D eigenvalue weighted by Crippen LogP contribution is 2.24. The van der Waals surface area contributed by atoms with Gasteiger partial charge in [-0.2, -0.15) is 0 Å². The molecule has 2 aliphatic heterocycles. The van der Waals surface area contributed by atoms with Crippen LogP contribution in [0.25, 0.3) is 0 Å². The number of benzene rings is 1. The average Bonchev–Trinajstić information content (AvgIpc) is 3.04. The van der Waals surface area contributed by atoms with E-state index >= 15 is 0 Å². The van der Waals surface area contributed by atoms with Crippen LogP contribution in [-0.4, -0.2) is 49.4 Å². The number of carbonyl (C=O) groups excluding carboxylic acids is 1. The fourth-order valence-corrected chi connectivity index (χ4v) is 3.58. The zero-order valence-electron chi connectivity index (χ0n) is 12.5. The summed E-state index contributed by atoms with van der Waals surface area (Å²) in [5.41, 5.74) is 0.870. The molecule has 1 aromatic rings. The lowest BCUT2D eigenvalue weighted by Crippen LogP contribution is -2.50. The van der Waals surface area contributed by atoms with Crippen molar-refractivity contribution >= 4 is 34.2 Å². The van der Waals surface area contributed by atoms with E-state index in [1.807, 2.05) is 24.3 Å². The highest BCUT2D eigenvalue weighted by Gasteiger charge is 2.34. The van der Waals surface area contributed by atoms with Crippen molar-refractivity contribution in [2.75, 3.05) is 31.6 Å². The van der Waals surface area contributed by atoms with Gasteiger partial charge in [0.05, 0.1) is 31.5 Å². The first-order valence-electron chi connectivity index (χ1n) is 7.76. The monoisotopic (exact) mass is 416 g/mol. The summed E-state index contributed by atoms with van der Waals surface area (Å²) < 4.78 is 12.3. The first-order chi connectivity index (χ1) is 10.7. The maximum Gasteiger partial charge on any atom is 0.238 e. The Morgan fingerprint density at radius 3 is 2.82 bits per heavy atom. The molecule has 1 amide bonds. The zero-order chi connectivity index (χ0) is 15.4. The van der Waals surface area contributed by atoms with Gasteiger partial charge in [0.15, 0.2) is 6.29 Å². The third kappa shape index (κ3) is 3.98. The van der Waals surface area contributed by atoms with E-state index in [-0.39, 0.29) is 18.2 Å². The number of rotatable bonds is 4. The molecule has 1 atom stereocenters. The van der Waals surface area contributed by atoms with E-state index in [1.54, 1.807) is 0 Å². The molecule has 2 heterocycles. The molecule has 0 aliphatic carbocycles. The van der Waals surface area contributed by atoms with Gasteiger partial charge < -0.3 is 14.8 Å². The van der Waals surface area contributed by atoms with Crippen molar-refractivity contribution < 1.29 is 14.3 Å². The van der Waals surface area contributed by atoms with Crippen molar-refractivity contribution in [3.63, 3.8) is 0 Å². The van der Waals surface area contributed by atoms with E-state index in [1.165, 1.54) is 6.42 Å². The van der Waals surface area contributed by atoms with Gasteiger partial charge in [0, 0.05) is 3.57 Å². The Morgan fingerprint density at radius 2 is 2.05 bits per heavy atom. The summed E-state index contributed by atoms with van der Waals surface area (Å²) in [5.74, 6) is 0.0222. The molecule has 5 nitrogen and oxygen atoms in total. The first-order valence-corrected chi connectivity index (χ1v) is 8.83. The van der Waals surface area contributed by atoms with Crippen LogP contribution in [0.1, 0.15) is 19.3 Å². The molecule has 0 spiro atoms. The van der Waals surface area contributed by atoms with Crippen molar-refractivity contribution in [3.8, 4) is 0 Å². The number of piperidine rings is 1. The Kier molecular flexibility index (Phi) is 5.67. The molecular weight excluding hydrogens is 395 g/mol. The fraction of sp³-hybridized carbons (Fsp3) is 0.562. The summed E-state index contributed by atoms with van der Waals surface area (Å²) in [6.45, 7) is 2.62. The number of amides is 1. The standard InChI is InChI=1S/C16H21IN2O3/c17-12-5-1-2-6-13(12)18-15(20)11-19-8-4-3-7-14(19)16-21-9-10-22-16/h1-2,5-6,14,16H,3-4,7-11H2,(H,18,20). The van der Waals surface area contributed by atoms with E-state index < -0.39 is 0 Å². The maximum absolute atomic E-state index is 12.4. The number of para-hydroxylation sites is 1. The molecular formula is C16H21IN2O3. The minimum absolute atomic E-state index is 0.0222. The van der Waals surface area contributed by atoms with Crippen LogP contribution in [0.15, 0.2) is 24.3 Å². The molecule has 3 rings (SSSR count). The number of hydrogen-bond donors (Lipinski definition) is 1. The van der Waals surface area contributed by atoms with Crippen LogP contribution in [0.2, 0.25) is 0 Å². The van der Waals surface area contributed by atoms with E-state index in [0.717, 1.165) is 28.6 Å². The molecule has 6 heteroatoms. The Hall–Kier alpha value is -0.700. The largest absolute Gasteiger partial charge is 0.349 e. The highest BCUT2D eigenvalue weighted by atomic mass is 127. The second-order valence-corrected chi connectivity index (χ2v) is 6.83. The third-order valence-corrected chi connectivity index (χ3v) is 5.06. The van der Waals surface area contributed by atoms with Crippen LogP contribution in [-0.2, 0) is 14.3 Å². The highest BCUT2D eigenvalue weighted by molar-refractivity contribution is 14.1. The van der Waals surface area contributed by atoms with Gasteiger partial charge in [-0.1, -0.05) is 18.6 Å². The number of ether oxygens (including phenoxy) is 2. The molecule has 120 valence electrons. The van der Waals surface area contributed by atoms with Gasteiger partial charge in [0.25, 0.3) is 0 Å². The summed E-state index contributed by atoms with van der Waals surface area (Å²) in [7, 11) is 0. The van der Waals surface area contributed by atoms with Gasteiger partial charge in [0.1, 0.15) is 0 Å². The molecule has 0 bridgehead atoms. The predicted molar refractivity (Wildman–Crippen MR) is 92.7 cm³/mol. The Balaban J connectivity index is 1.60. The molecule has 1 unspecified atom stereocenters. The van der Waals surface area contributed by atoms with Crippen LogP contribution in [0.4, 0.5) is 5.69 Å². The SMILES string of the molecule is O=C(CN1CCCCC1C1OCCO1)Nc1ccccc1I. The maximum atomic E-state index is 12.4. The summed E-state index contributed by atoms with van der Waals surface area (Å²) in [4.78, 5) is 14.6. The van der Waals surface area contributed by atoms with Gasteiger partial charge in [-0.05, 0) is 54.1 Å². The van der Waals surface area contributed by atoms with Crippen molar-refractivity contribution in [1.29, 1.82) is 0 Å². The zero-order valence-corrected chi connectivity index (χ0v) is 14.6. The van der Waals surface area contributed by atoms with Crippen LogP contribution in [0, 0.1) is 3.57 Å². The number of carbonyl (C=O) groups is 1. The number of nitrogens with zero attached hydrogens (tertiary/aromatic N) is 1. The third-order valence-electron chi connectivity index (χ3n) is 4.12. The molecule has 2 saturated heterocycles. The second-order valence-electron chi connectivity index (χ2n) is 5.67. The summed E-state index contributed by atoms with van der Waals surface area (Å²) in [6, 6.07) is 8.00. The van der Waals surface area contributed by atoms with Crippen molar-refractivity contribution in [1.82, 2.24) is 4.90 Å². The number of halogens is 1. The summed E-state index contributed by atoms with van der Waals surface area (Å²) >= 11 is 2.23. The van der Waals surface area contributed by atoms with Gasteiger partial charge in [0.2, 0.25) is 5.91 Å². The molecule has 1 aromatic carbocycles.